The summed E-state index contributed by atoms with van der Waals surface area (Å²) in [7, 11) is -3.40. The van der Waals surface area contributed by atoms with Gasteiger partial charge in [0.05, 0.1) is 5.75 Å². The number of piperidine rings is 1. The first-order chi connectivity index (χ1) is 12.8. The number of rotatable bonds is 5. The Labute approximate surface area is 165 Å². The number of sulfonamides is 1. The summed E-state index contributed by atoms with van der Waals surface area (Å²) in [6.07, 6.45) is 1.05. The molecule has 0 unspecified atom stereocenters. The van der Waals surface area contributed by atoms with Gasteiger partial charge in [0, 0.05) is 29.7 Å². The minimum absolute atomic E-state index is 0.0476. The van der Waals surface area contributed by atoms with E-state index < -0.39 is 10.0 Å². The first kappa shape index (κ1) is 19.9. The van der Waals surface area contributed by atoms with Crippen molar-refractivity contribution in [3.8, 4) is 0 Å². The minimum atomic E-state index is -3.40. The largest absolute Gasteiger partial charge is 0.326 e. The van der Waals surface area contributed by atoms with Gasteiger partial charge in [-0.25, -0.2) is 12.7 Å². The van der Waals surface area contributed by atoms with Gasteiger partial charge in [-0.1, -0.05) is 41.4 Å². The first-order valence-corrected chi connectivity index (χ1v) is 10.9. The number of nitrogens with one attached hydrogen (secondary N) is 1. The zero-order valence-corrected chi connectivity index (χ0v) is 16.8. The standard InChI is InChI=1S/C20H23ClN2O3S/c1-15-2-8-19(9-3-15)22-20(24)17-10-12-23(13-11-17)27(25,26)14-16-4-6-18(21)7-5-16/h2-9,17H,10-14H2,1H3,(H,22,24). The molecule has 0 aliphatic carbocycles. The summed E-state index contributed by atoms with van der Waals surface area (Å²) in [5.74, 6) is -0.272. The highest BCUT2D eigenvalue weighted by molar-refractivity contribution is 7.88. The third-order valence-corrected chi connectivity index (χ3v) is 6.90. The number of anilines is 1. The molecule has 1 aliphatic heterocycles. The van der Waals surface area contributed by atoms with Crippen LogP contribution < -0.4 is 5.32 Å². The number of aryl methyl sites for hydroxylation is 1. The van der Waals surface area contributed by atoms with Crippen molar-refractivity contribution < 1.29 is 13.2 Å². The van der Waals surface area contributed by atoms with Crippen LogP contribution in [0.2, 0.25) is 5.02 Å². The molecule has 1 amide bonds. The zero-order valence-electron chi connectivity index (χ0n) is 15.2. The van der Waals surface area contributed by atoms with Crippen LogP contribution in [0.4, 0.5) is 5.69 Å². The fourth-order valence-electron chi connectivity index (χ4n) is 3.16. The smallest absolute Gasteiger partial charge is 0.227 e. The van der Waals surface area contributed by atoms with Gasteiger partial charge in [-0.15, -0.1) is 0 Å². The molecule has 3 rings (SSSR count). The summed E-state index contributed by atoms with van der Waals surface area (Å²) in [5, 5.41) is 3.50. The highest BCUT2D eigenvalue weighted by Gasteiger charge is 2.31. The van der Waals surface area contributed by atoms with Crippen LogP contribution in [-0.4, -0.2) is 31.7 Å². The molecule has 2 aromatic carbocycles. The molecule has 0 aromatic heterocycles. The molecule has 1 heterocycles. The van der Waals surface area contributed by atoms with Gasteiger partial charge in [0.1, 0.15) is 0 Å². The summed E-state index contributed by atoms with van der Waals surface area (Å²) in [6.45, 7) is 2.72. The molecule has 1 aliphatic rings. The number of nitrogens with zero attached hydrogens (tertiary/aromatic N) is 1. The van der Waals surface area contributed by atoms with Crippen LogP contribution in [0.1, 0.15) is 24.0 Å². The second-order valence-electron chi connectivity index (χ2n) is 6.91. The Balaban J connectivity index is 1.55. The van der Waals surface area contributed by atoms with Crippen molar-refractivity contribution in [1.29, 1.82) is 0 Å². The van der Waals surface area contributed by atoms with Crippen LogP contribution in [0.5, 0.6) is 0 Å². The summed E-state index contributed by atoms with van der Waals surface area (Å²) >= 11 is 5.85. The normalized spacial score (nSPS) is 16.2. The van der Waals surface area contributed by atoms with Gasteiger partial charge in [-0.05, 0) is 49.6 Å². The predicted octanol–water partition coefficient (Wildman–Crippen LogP) is 3.83. The fourth-order valence-corrected chi connectivity index (χ4v) is 4.85. The second-order valence-corrected chi connectivity index (χ2v) is 9.32. The van der Waals surface area contributed by atoms with Crippen molar-refractivity contribution in [2.75, 3.05) is 18.4 Å². The molecular formula is C20H23ClN2O3S. The van der Waals surface area contributed by atoms with E-state index >= 15 is 0 Å². The van der Waals surface area contributed by atoms with Crippen LogP contribution in [-0.2, 0) is 20.6 Å². The van der Waals surface area contributed by atoms with Crippen molar-refractivity contribution in [2.24, 2.45) is 5.92 Å². The molecule has 1 fully saturated rings. The number of hydrogen-bond acceptors (Lipinski definition) is 3. The molecular weight excluding hydrogens is 384 g/mol. The molecule has 0 saturated carbocycles. The molecule has 1 saturated heterocycles. The van der Waals surface area contributed by atoms with Gasteiger partial charge in [0.2, 0.25) is 15.9 Å². The predicted molar refractivity (Wildman–Crippen MR) is 108 cm³/mol. The van der Waals surface area contributed by atoms with E-state index in [2.05, 4.69) is 5.32 Å². The molecule has 2 aromatic rings. The van der Waals surface area contributed by atoms with E-state index in [1.165, 1.54) is 4.31 Å². The summed E-state index contributed by atoms with van der Waals surface area (Å²) in [4.78, 5) is 12.4. The van der Waals surface area contributed by atoms with Gasteiger partial charge >= 0.3 is 0 Å². The third kappa shape index (κ3) is 5.31. The number of benzene rings is 2. The van der Waals surface area contributed by atoms with Crippen LogP contribution in [0.25, 0.3) is 0 Å². The highest BCUT2D eigenvalue weighted by atomic mass is 35.5. The molecule has 1 N–H and O–H groups in total. The number of carbonyl (C=O) groups excluding carboxylic acids is 1. The van der Waals surface area contributed by atoms with Crippen LogP contribution >= 0.6 is 11.6 Å². The van der Waals surface area contributed by atoms with E-state index in [1.807, 2.05) is 31.2 Å². The molecule has 0 radical (unpaired) electrons. The average Bonchev–Trinajstić information content (AvgIpc) is 2.65. The number of amides is 1. The first-order valence-electron chi connectivity index (χ1n) is 8.93. The Hall–Kier alpha value is -1.89. The minimum Gasteiger partial charge on any atom is -0.326 e. The van der Waals surface area contributed by atoms with E-state index in [1.54, 1.807) is 24.3 Å². The summed E-state index contributed by atoms with van der Waals surface area (Å²) < 4.78 is 26.7. The van der Waals surface area contributed by atoms with E-state index in [4.69, 9.17) is 11.6 Å². The Morgan fingerprint density at radius 3 is 2.26 bits per heavy atom. The highest BCUT2D eigenvalue weighted by Crippen LogP contribution is 2.23. The molecule has 0 bridgehead atoms. The fraction of sp³-hybridized carbons (Fsp3) is 0.350. The van der Waals surface area contributed by atoms with Crippen LogP contribution in [0.3, 0.4) is 0 Å². The molecule has 5 nitrogen and oxygen atoms in total. The summed E-state index contributed by atoms with van der Waals surface area (Å²) in [6, 6.07) is 14.5. The van der Waals surface area contributed by atoms with Gasteiger partial charge in [-0.3, -0.25) is 4.79 Å². The van der Waals surface area contributed by atoms with E-state index in [9.17, 15) is 13.2 Å². The number of halogens is 1. The maximum absolute atomic E-state index is 12.6. The topological polar surface area (TPSA) is 66.5 Å². The lowest BCUT2D eigenvalue weighted by atomic mass is 9.97. The van der Waals surface area contributed by atoms with Gasteiger partial charge in [-0.2, -0.15) is 0 Å². The van der Waals surface area contributed by atoms with Crippen LogP contribution in [0.15, 0.2) is 48.5 Å². The van der Waals surface area contributed by atoms with Gasteiger partial charge < -0.3 is 5.32 Å². The van der Waals surface area contributed by atoms with E-state index in [0.29, 0.717) is 36.5 Å². The van der Waals surface area contributed by atoms with Crippen molar-refractivity contribution in [3.05, 3.63) is 64.7 Å². The zero-order chi connectivity index (χ0) is 19.4. The monoisotopic (exact) mass is 406 g/mol. The number of carbonyl (C=O) groups is 1. The molecule has 7 heteroatoms. The third-order valence-electron chi connectivity index (χ3n) is 4.80. The SMILES string of the molecule is Cc1ccc(NC(=O)C2CCN(S(=O)(=O)Cc3ccc(Cl)cc3)CC2)cc1. The lowest BCUT2D eigenvalue weighted by molar-refractivity contribution is -0.120. The quantitative estimate of drug-likeness (QED) is 0.820. The number of hydrogen-bond donors (Lipinski definition) is 1. The Bertz CT molecular complexity index is 888. The Morgan fingerprint density at radius 1 is 1.07 bits per heavy atom. The maximum Gasteiger partial charge on any atom is 0.227 e. The van der Waals surface area contributed by atoms with Crippen molar-refractivity contribution >= 4 is 33.2 Å². The Morgan fingerprint density at radius 2 is 1.67 bits per heavy atom. The molecule has 0 atom stereocenters. The lowest BCUT2D eigenvalue weighted by Gasteiger charge is -2.30. The van der Waals surface area contributed by atoms with Crippen molar-refractivity contribution in [1.82, 2.24) is 4.31 Å². The lowest BCUT2D eigenvalue weighted by Crippen LogP contribution is -2.41. The van der Waals surface area contributed by atoms with Gasteiger partial charge in [0.15, 0.2) is 0 Å². The van der Waals surface area contributed by atoms with E-state index in [0.717, 1.165) is 11.3 Å². The second kappa shape index (κ2) is 8.42. The maximum atomic E-state index is 12.6. The Kier molecular flexibility index (Phi) is 6.19. The molecule has 0 spiro atoms. The average molecular weight is 407 g/mol. The molecule has 27 heavy (non-hydrogen) atoms. The van der Waals surface area contributed by atoms with E-state index in [-0.39, 0.29) is 17.6 Å². The van der Waals surface area contributed by atoms with Crippen LogP contribution in [0, 0.1) is 12.8 Å². The van der Waals surface area contributed by atoms with Crippen molar-refractivity contribution in [3.63, 3.8) is 0 Å². The van der Waals surface area contributed by atoms with Gasteiger partial charge in [0.25, 0.3) is 0 Å². The van der Waals surface area contributed by atoms with Crippen molar-refractivity contribution in [2.45, 2.75) is 25.5 Å². The molecule has 144 valence electrons. The summed E-state index contributed by atoms with van der Waals surface area (Å²) in [5.41, 5.74) is 2.61.